The molecule has 2 atom stereocenters. The molecular weight excluding hydrogens is 226 g/mol. The quantitative estimate of drug-likeness (QED) is 0.839. The predicted octanol–water partition coefficient (Wildman–Crippen LogP) is 2.45. The molecular formula is C14H19N3O. The van der Waals surface area contributed by atoms with E-state index >= 15 is 0 Å². The van der Waals surface area contributed by atoms with Gasteiger partial charge in [0.15, 0.2) is 0 Å². The summed E-state index contributed by atoms with van der Waals surface area (Å²) in [6.07, 6.45) is 1.12. The summed E-state index contributed by atoms with van der Waals surface area (Å²) in [6.45, 7) is 7.17. The molecule has 0 aliphatic carbocycles. The van der Waals surface area contributed by atoms with Gasteiger partial charge in [-0.25, -0.2) is 4.98 Å². The number of hydrogen-bond acceptors (Lipinski definition) is 3. The van der Waals surface area contributed by atoms with Crippen LogP contribution in [0.15, 0.2) is 18.2 Å². The van der Waals surface area contributed by atoms with E-state index in [0.29, 0.717) is 5.95 Å². The molecule has 0 radical (unpaired) electrons. The third-order valence-electron chi connectivity index (χ3n) is 4.20. The minimum absolute atomic E-state index is 0.105. The van der Waals surface area contributed by atoms with Gasteiger partial charge < -0.3 is 15.0 Å². The highest BCUT2D eigenvalue weighted by Crippen LogP contribution is 2.37. The molecule has 2 aromatic rings. The lowest BCUT2D eigenvalue weighted by atomic mass is 9.94. The molecule has 2 unspecified atom stereocenters. The molecule has 3 rings (SSSR count). The highest BCUT2D eigenvalue weighted by molar-refractivity contribution is 5.79. The second-order valence-electron chi connectivity index (χ2n) is 5.42. The van der Waals surface area contributed by atoms with Crippen LogP contribution in [0.1, 0.15) is 25.8 Å². The maximum absolute atomic E-state index is 6.13. The Morgan fingerprint density at radius 2 is 2.28 bits per heavy atom. The number of nitrogens with two attached hydrogens (primary N) is 1. The van der Waals surface area contributed by atoms with Crippen molar-refractivity contribution in [1.82, 2.24) is 9.55 Å². The van der Waals surface area contributed by atoms with Gasteiger partial charge in [0, 0.05) is 6.61 Å². The van der Waals surface area contributed by atoms with Crippen LogP contribution < -0.4 is 5.73 Å². The van der Waals surface area contributed by atoms with Gasteiger partial charge in [-0.15, -0.1) is 0 Å². The molecule has 0 bridgehead atoms. The van der Waals surface area contributed by atoms with Gasteiger partial charge in [0.1, 0.15) is 0 Å². The van der Waals surface area contributed by atoms with Gasteiger partial charge in [-0.2, -0.15) is 0 Å². The van der Waals surface area contributed by atoms with Crippen molar-refractivity contribution in [3.63, 3.8) is 0 Å². The molecule has 1 aliphatic rings. The Morgan fingerprint density at radius 1 is 1.50 bits per heavy atom. The average Bonchev–Trinajstić information content (AvgIpc) is 2.80. The Balaban J connectivity index is 2.28. The fourth-order valence-corrected chi connectivity index (χ4v) is 2.86. The first kappa shape index (κ1) is 11.5. The van der Waals surface area contributed by atoms with Crippen LogP contribution in [-0.2, 0) is 10.3 Å². The Morgan fingerprint density at radius 3 is 2.94 bits per heavy atom. The molecule has 18 heavy (non-hydrogen) atoms. The monoisotopic (exact) mass is 245 g/mol. The molecule has 1 fully saturated rings. The maximum Gasteiger partial charge on any atom is 0.201 e. The van der Waals surface area contributed by atoms with Gasteiger partial charge in [0.05, 0.1) is 22.7 Å². The summed E-state index contributed by atoms with van der Waals surface area (Å²) < 4.78 is 7.87. The van der Waals surface area contributed by atoms with Crippen LogP contribution in [0.25, 0.3) is 11.0 Å². The van der Waals surface area contributed by atoms with E-state index in [1.165, 1.54) is 5.56 Å². The number of anilines is 1. The van der Waals surface area contributed by atoms with Crippen molar-refractivity contribution in [3.8, 4) is 0 Å². The predicted molar refractivity (Wildman–Crippen MR) is 72.6 cm³/mol. The molecule has 2 N–H and O–H groups in total. The number of fused-ring (bicyclic) bond motifs is 1. The fourth-order valence-electron chi connectivity index (χ4n) is 2.86. The lowest BCUT2D eigenvalue weighted by molar-refractivity contribution is 0.0783. The number of aryl methyl sites for hydroxylation is 1. The Bertz CT molecular complexity index is 604. The van der Waals surface area contributed by atoms with Gasteiger partial charge in [-0.1, -0.05) is 6.07 Å². The SMILES string of the molecule is Cc1ccc2nc(N)n(C3(C)CCOC3C)c2c1. The number of rotatable bonds is 1. The Kier molecular flexibility index (Phi) is 2.38. The third kappa shape index (κ3) is 1.45. The van der Waals surface area contributed by atoms with Crippen molar-refractivity contribution < 1.29 is 4.74 Å². The molecule has 1 aromatic carbocycles. The van der Waals surface area contributed by atoms with Crippen LogP contribution in [0.2, 0.25) is 0 Å². The van der Waals surface area contributed by atoms with Crippen molar-refractivity contribution in [2.24, 2.45) is 0 Å². The summed E-state index contributed by atoms with van der Waals surface area (Å²) in [6, 6.07) is 6.24. The molecule has 0 spiro atoms. The zero-order valence-corrected chi connectivity index (χ0v) is 11.1. The van der Waals surface area contributed by atoms with Crippen LogP contribution in [0.4, 0.5) is 5.95 Å². The van der Waals surface area contributed by atoms with Gasteiger partial charge >= 0.3 is 0 Å². The van der Waals surface area contributed by atoms with Crippen LogP contribution in [0.5, 0.6) is 0 Å². The highest BCUT2D eigenvalue weighted by Gasteiger charge is 2.40. The van der Waals surface area contributed by atoms with Crippen molar-refractivity contribution in [2.75, 3.05) is 12.3 Å². The molecule has 1 aliphatic heterocycles. The number of nitrogens with zero attached hydrogens (tertiary/aromatic N) is 2. The number of benzene rings is 1. The van der Waals surface area contributed by atoms with Crippen LogP contribution in [0.3, 0.4) is 0 Å². The van der Waals surface area contributed by atoms with Crippen LogP contribution in [-0.4, -0.2) is 22.3 Å². The van der Waals surface area contributed by atoms with Gasteiger partial charge in [-0.3, -0.25) is 0 Å². The first-order chi connectivity index (χ1) is 8.52. The standard InChI is InChI=1S/C14H19N3O/c1-9-4-5-11-12(8-9)17(13(15)16-11)14(3)6-7-18-10(14)2/h4-5,8,10H,6-7H2,1-3H3,(H2,15,16). The third-order valence-corrected chi connectivity index (χ3v) is 4.20. The lowest BCUT2D eigenvalue weighted by Gasteiger charge is -2.31. The molecule has 4 heteroatoms. The number of nitrogen functional groups attached to an aromatic ring is 1. The number of aromatic nitrogens is 2. The minimum Gasteiger partial charge on any atom is -0.376 e. The summed E-state index contributed by atoms with van der Waals surface area (Å²) in [5.74, 6) is 0.579. The van der Waals surface area contributed by atoms with Gasteiger partial charge in [0.2, 0.25) is 5.95 Å². The molecule has 1 saturated heterocycles. The summed E-state index contributed by atoms with van der Waals surface area (Å²) in [5, 5.41) is 0. The molecule has 1 aromatic heterocycles. The topological polar surface area (TPSA) is 53.1 Å². The van der Waals surface area contributed by atoms with E-state index in [4.69, 9.17) is 10.5 Å². The molecule has 0 amide bonds. The van der Waals surface area contributed by atoms with Crippen LogP contribution in [0, 0.1) is 6.92 Å². The summed E-state index contributed by atoms with van der Waals surface area (Å²) in [7, 11) is 0. The molecule has 0 saturated carbocycles. The smallest absolute Gasteiger partial charge is 0.201 e. The van der Waals surface area contributed by atoms with Crippen molar-refractivity contribution in [2.45, 2.75) is 38.8 Å². The van der Waals surface area contributed by atoms with Gasteiger partial charge in [-0.05, 0) is 44.9 Å². The van der Waals surface area contributed by atoms with Crippen molar-refractivity contribution >= 4 is 17.0 Å². The highest BCUT2D eigenvalue weighted by atomic mass is 16.5. The van der Waals surface area contributed by atoms with E-state index in [1.807, 2.05) is 6.07 Å². The van der Waals surface area contributed by atoms with Gasteiger partial charge in [0.25, 0.3) is 0 Å². The summed E-state index contributed by atoms with van der Waals surface area (Å²) >= 11 is 0. The zero-order chi connectivity index (χ0) is 12.9. The fraction of sp³-hybridized carbons (Fsp3) is 0.500. The lowest BCUT2D eigenvalue weighted by Crippen LogP contribution is -2.37. The number of hydrogen-bond donors (Lipinski definition) is 1. The molecule has 96 valence electrons. The summed E-state index contributed by atoms with van der Waals surface area (Å²) in [4.78, 5) is 4.46. The molecule has 2 heterocycles. The van der Waals surface area contributed by atoms with E-state index in [9.17, 15) is 0 Å². The minimum atomic E-state index is -0.105. The normalized spacial score (nSPS) is 28.1. The van der Waals surface area contributed by atoms with Crippen molar-refractivity contribution in [3.05, 3.63) is 23.8 Å². The largest absolute Gasteiger partial charge is 0.376 e. The molecule has 4 nitrogen and oxygen atoms in total. The van der Waals surface area contributed by atoms with E-state index in [2.05, 4.69) is 42.5 Å². The second-order valence-corrected chi connectivity index (χ2v) is 5.42. The second kappa shape index (κ2) is 3.72. The van der Waals surface area contributed by atoms with E-state index in [-0.39, 0.29) is 11.6 Å². The number of imidazole rings is 1. The van der Waals surface area contributed by atoms with E-state index in [1.54, 1.807) is 0 Å². The maximum atomic E-state index is 6.13. The van der Waals surface area contributed by atoms with Crippen LogP contribution >= 0.6 is 0 Å². The Hall–Kier alpha value is -1.55. The van der Waals surface area contributed by atoms with E-state index in [0.717, 1.165) is 24.1 Å². The zero-order valence-electron chi connectivity index (χ0n) is 11.1. The van der Waals surface area contributed by atoms with Crippen molar-refractivity contribution in [1.29, 1.82) is 0 Å². The average molecular weight is 245 g/mol. The van der Waals surface area contributed by atoms with E-state index < -0.39 is 0 Å². The Labute approximate surface area is 107 Å². The number of ether oxygens (including phenoxy) is 1. The first-order valence-corrected chi connectivity index (χ1v) is 6.39. The first-order valence-electron chi connectivity index (χ1n) is 6.39. The summed E-state index contributed by atoms with van der Waals surface area (Å²) in [5.41, 5.74) is 9.30.